The molecule has 1 aromatic carbocycles. The number of ether oxygens (including phenoxy) is 2. The molecule has 134 valence electrons. The largest absolute Gasteiger partial charge is 0.493 e. The van der Waals surface area contributed by atoms with Gasteiger partial charge in [0.15, 0.2) is 11.5 Å². The van der Waals surface area contributed by atoms with Gasteiger partial charge in [-0.1, -0.05) is 46.1 Å². The molecule has 1 rings (SSSR count). The molecule has 0 bridgehead atoms. The summed E-state index contributed by atoms with van der Waals surface area (Å²) >= 11 is 0. The Hall–Kier alpha value is -1.97. The van der Waals surface area contributed by atoms with E-state index in [-0.39, 0.29) is 5.91 Å². The van der Waals surface area contributed by atoms with Crippen LogP contribution in [-0.4, -0.2) is 26.2 Å². The fourth-order valence-electron chi connectivity index (χ4n) is 2.15. The van der Waals surface area contributed by atoms with Gasteiger partial charge in [0, 0.05) is 12.6 Å². The molecule has 0 fully saturated rings. The fourth-order valence-corrected chi connectivity index (χ4v) is 2.15. The van der Waals surface area contributed by atoms with Crippen LogP contribution in [0.15, 0.2) is 24.3 Å². The smallest absolute Gasteiger partial charge is 0.244 e. The molecule has 0 atom stereocenters. The van der Waals surface area contributed by atoms with Crippen LogP contribution in [0.25, 0.3) is 6.08 Å². The van der Waals surface area contributed by atoms with E-state index in [1.807, 2.05) is 18.2 Å². The summed E-state index contributed by atoms with van der Waals surface area (Å²) < 4.78 is 11.2. The number of amides is 1. The molecule has 4 heteroatoms. The maximum Gasteiger partial charge on any atom is 0.244 e. The zero-order chi connectivity index (χ0) is 17.8. The standard InChI is InChI=1S/C20H31NO3/c1-5-6-7-8-13-24-18-11-9-17(14-19(18)23-4)10-12-20(22)21-15-16(2)3/h9-12,14,16H,5-8,13,15H2,1-4H3,(H,21,22)/b12-10+. The second-order valence-electron chi connectivity index (χ2n) is 6.29. The van der Waals surface area contributed by atoms with E-state index in [2.05, 4.69) is 26.1 Å². The van der Waals surface area contributed by atoms with Crippen molar-refractivity contribution >= 4 is 12.0 Å². The molecule has 1 amide bonds. The Bertz CT molecular complexity index is 524. The molecule has 0 saturated heterocycles. The average Bonchev–Trinajstić information content (AvgIpc) is 2.58. The lowest BCUT2D eigenvalue weighted by Gasteiger charge is -2.11. The topological polar surface area (TPSA) is 47.6 Å². The van der Waals surface area contributed by atoms with Crippen LogP contribution in [0, 0.1) is 5.92 Å². The molecular weight excluding hydrogens is 302 g/mol. The van der Waals surface area contributed by atoms with Gasteiger partial charge in [-0.25, -0.2) is 0 Å². The third-order valence-electron chi connectivity index (χ3n) is 3.55. The van der Waals surface area contributed by atoms with Crippen molar-refractivity contribution in [3.63, 3.8) is 0 Å². The van der Waals surface area contributed by atoms with E-state index in [1.54, 1.807) is 19.3 Å². The van der Waals surface area contributed by atoms with Crippen molar-refractivity contribution in [2.45, 2.75) is 46.5 Å². The van der Waals surface area contributed by atoms with Gasteiger partial charge in [-0.2, -0.15) is 0 Å². The van der Waals surface area contributed by atoms with Crippen LogP contribution in [0.1, 0.15) is 52.0 Å². The van der Waals surface area contributed by atoms with Gasteiger partial charge < -0.3 is 14.8 Å². The molecule has 0 aromatic heterocycles. The van der Waals surface area contributed by atoms with Gasteiger partial charge in [0.05, 0.1) is 13.7 Å². The maximum absolute atomic E-state index is 11.7. The average molecular weight is 333 g/mol. The quantitative estimate of drug-likeness (QED) is 0.481. The van der Waals surface area contributed by atoms with Crippen LogP contribution >= 0.6 is 0 Å². The van der Waals surface area contributed by atoms with Gasteiger partial charge in [-0.15, -0.1) is 0 Å². The molecule has 0 heterocycles. The summed E-state index contributed by atoms with van der Waals surface area (Å²) in [6.07, 6.45) is 8.02. The Morgan fingerprint density at radius 1 is 1.21 bits per heavy atom. The number of hydrogen-bond donors (Lipinski definition) is 1. The lowest BCUT2D eigenvalue weighted by molar-refractivity contribution is -0.116. The first-order valence-electron chi connectivity index (χ1n) is 8.83. The summed E-state index contributed by atoms with van der Waals surface area (Å²) in [6.45, 7) is 7.70. The second-order valence-corrected chi connectivity index (χ2v) is 6.29. The normalized spacial score (nSPS) is 11.0. The van der Waals surface area contributed by atoms with E-state index >= 15 is 0 Å². The van der Waals surface area contributed by atoms with Gasteiger partial charge in [-0.3, -0.25) is 4.79 Å². The maximum atomic E-state index is 11.7. The summed E-state index contributed by atoms with van der Waals surface area (Å²) in [7, 11) is 1.63. The van der Waals surface area contributed by atoms with Crippen LogP contribution in [0.5, 0.6) is 11.5 Å². The first kappa shape index (κ1) is 20.1. The molecule has 1 aromatic rings. The summed E-state index contributed by atoms with van der Waals surface area (Å²) in [5.74, 6) is 1.79. The predicted octanol–water partition coefficient (Wildman–Crippen LogP) is 4.44. The molecule has 0 aliphatic carbocycles. The SMILES string of the molecule is CCCCCCOc1ccc(/C=C/C(=O)NCC(C)C)cc1OC. The number of unbranched alkanes of at least 4 members (excludes halogenated alkanes) is 3. The second kappa shape index (κ2) is 11.5. The summed E-state index contributed by atoms with van der Waals surface area (Å²) in [6, 6.07) is 5.70. The Morgan fingerprint density at radius 2 is 2.00 bits per heavy atom. The summed E-state index contributed by atoms with van der Waals surface area (Å²) in [4.78, 5) is 11.7. The monoisotopic (exact) mass is 333 g/mol. The zero-order valence-corrected chi connectivity index (χ0v) is 15.4. The minimum absolute atomic E-state index is 0.0843. The highest BCUT2D eigenvalue weighted by molar-refractivity contribution is 5.91. The number of carbonyl (C=O) groups excluding carboxylic acids is 1. The Labute approximate surface area is 146 Å². The van der Waals surface area contributed by atoms with Crippen LogP contribution < -0.4 is 14.8 Å². The van der Waals surface area contributed by atoms with Crippen molar-refractivity contribution in [1.29, 1.82) is 0 Å². The number of carbonyl (C=O) groups is 1. The van der Waals surface area contributed by atoms with Crippen molar-refractivity contribution in [2.75, 3.05) is 20.3 Å². The first-order valence-corrected chi connectivity index (χ1v) is 8.83. The molecule has 0 aliphatic heterocycles. The molecule has 1 N–H and O–H groups in total. The van der Waals surface area contributed by atoms with Gasteiger partial charge in [0.25, 0.3) is 0 Å². The number of nitrogens with one attached hydrogen (secondary N) is 1. The van der Waals surface area contributed by atoms with Crippen molar-refractivity contribution in [3.05, 3.63) is 29.8 Å². The molecule has 0 unspecified atom stereocenters. The Morgan fingerprint density at radius 3 is 2.67 bits per heavy atom. The number of rotatable bonds is 11. The lowest BCUT2D eigenvalue weighted by Crippen LogP contribution is -2.25. The van der Waals surface area contributed by atoms with Crippen LogP contribution in [0.4, 0.5) is 0 Å². The van der Waals surface area contributed by atoms with E-state index in [4.69, 9.17) is 9.47 Å². The number of benzene rings is 1. The van der Waals surface area contributed by atoms with Crippen LogP contribution in [-0.2, 0) is 4.79 Å². The number of hydrogen-bond acceptors (Lipinski definition) is 3. The molecule has 0 aliphatic rings. The summed E-state index contributed by atoms with van der Waals surface area (Å²) in [5.41, 5.74) is 0.907. The van der Waals surface area contributed by atoms with Gasteiger partial charge in [0.1, 0.15) is 0 Å². The first-order chi connectivity index (χ1) is 11.6. The highest BCUT2D eigenvalue weighted by atomic mass is 16.5. The Balaban J connectivity index is 2.57. The lowest BCUT2D eigenvalue weighted by atomic mass is 10.1. The van der Waals surface area contributed by atoms with Crippen molar-refractivity contribution in [2.24, 2.45) is 5.92 Å². The fraction of sp³-hybridized carbons (Fsp3) is 0.550. The highest BCUT2D eigenvalue weighted by Gasteiger charge is 2.05. The third-order valence-corrected chi connectivity index (χ3v) is 3.55. The summed E-state index contributed by atoms with van der Waals surface area (Å²) in [5, 5.41) is 2.86. The molecule has 24 heavy (non-hydrogen) atoms. The van der Waals surface area contributed by atoms with Crippen molar-refractivity contribution < 1.29 is 14.3 Å². The molecule has 0 saturated carbocycles. The van der Waals surface area contributed by atoms with Gasteiger partial charge in [0.2, 0.25) is 5.91 Å². The predicted molar refractivity (Wildman–Crippen MR) is 99.5 cm³/mol. The van der Waals surface area contributed by atoms with Crippen LogP contribution in [0.2, 0.25) is 0 Å². The van der Waals surface area contributed by atoms with Gasteiger partial charge >= 0.3 is 0 Å². The Kier molecular flexibility index (Phi) is 9.66. The molecular formula is C20H31NO3. The number of methoxy groups -OCH3 is 1. The molecule has 0 radical (unpaired) electrons. The minimum atomic E-state index is -0.0843. The zero-order valence-electron chi connectivity index (χ0n) is 15.4. The van der Waals surface area contributed by atoms with Crippen molar-refractivity contribution in [3.8, 4) is 11.5 Å². The van der Waals surface area contributed by atoms with Gasteiger partial charge in [-0.05, 0) is 36.1 Å². The van der Waals surface area contributed by atoms with E-state index in [1.165, 1.54) is 19.3 Å². The van der Waals surface area contributed by atoms with E-state index < -0.39 is 0 Å². The minimum Gasteiger partial charge on any atom is -0.493 e. The molecule has 0 spiro atoms. The van der Waals surface area contributed by atoms with E-state index in [0.29, 0.717) is 24.8 Å². The van der Waals surface area contributed by atoms with Crippen molar-refractivity contribution in [1.82, 2.24) is 5.32 Å². The third kappa shape index (κ3) is 8.04. The van der Waals surface area contributed by atoms with E-state index in [9.17, 15) is 4.79 Å². The molecule has 4 nitrogen and oxygen atoms in total. The van der Waals surface area contributed by atoms with E-state index in [0.717, 1.165) is 17.7 Å². The van der Waals surface area contributed by atoms with Crippen LogP contribution in [0.3, 0.4) is 0 Å². The highest BCUT2D eigenvalue weighted by Crippen LogP contribution is 2.28.